The summed E-state index contributed by atoms with van der Waals surface area (Å²) in [6.07, 6.45) is 3.16. The third-order valence-electron chi connectivity index (χ3n) is 5.71. The van der Waals surface area contributed by atoms with Crippen molar-refractivity contribution in [1.82, 2.24) is 9.78 Å². The highest BCUT2D eigenvalue weighted by Crippen LogP contribution is 2.39. The van der Waals surface area contributed by atoms with Gasteiger partial charge in [-0.15, -0.1) is 0 Å². The first kappa shape index (κ1) is 19.7. The van der Waals surface area contributed by atoms with Crippen LogP contribution in [0.15, 0.2) is 54.9 Å². The molecule has 3 aromatic rings. The second-order valence-electron chi connectivity index (χ2n) is 7.55. The van der Waals surface area contributed by atoms with E-state index in [2.05, 4.69) is 5.10 Å². The van der Waals surface area contributed by atoms with Crippen LogP contribution < -0.4 is 9.80 Å². The highest BCUT2D eigenvalue weighted by atomic mass is 16.4. The van der Waals surface area contributed by atoms with Crippen LogP contribution in [-0.4, -0.2) is 39.5 Å². The Morgan fingerprint density at radius 2 is 1.77 bits per heavy atom. The van der Waals surface area contributed by atoms with Gasteiger partial charge in [0.25, 0.3) is 5.91 Å². The van der Waals surface area contributed by atoms with Gasteiger partial charge in [0, 0.05) is 24.5 Å². The molecular weight excluding hydrogens is 380 g/mol. The zero-order valence-electron chi connectivity index (χ0n) is 17.2. The van der Waals surface area contributed by atoms with Crippen LogP contribution in [0.2, 0.25) is 0 Å². The first-order valence-electron chi connectivity index (χ1n) is 9.96. The molecule has 0 saturated heterocycles. The SMILES string of the molecule is CCC1CN(C(=O)c2ccc(-n3cccn3)cc2)c2cc(C)c(C)cc2N1C(=O)O. The number of benzene rings is 2. The summed E-state index contributed by atoms with van der Waals surface area (Å²) < 4.78 is 1.73. The number of hydrogen-bond acceptors (Lipinski definition) is 3. The number of fused-ring (bicyclic) bond motifs is 1. The van der Waals surface area contributed by atoms with Crippen LogP contribution in [0.5, 0.6) is 0 Å². The fraction of sp³-hybridized carbons (Fsp3) is 0.261. The number of aryl methyl sites for hydroxylation is 2. The van der Waals surface area contributed by atoms with Gasteiger partial charge in [-0.2, -0.15) is 5.10 Å². The van der Waals surface area contributed by atoms with E-state index in [0.29, 0.717) is 29.9 Å². The molecule has 2 amide bonds. The summed E-state index contributed by atoms with van der Waals surface area (Å²) in [4.78, 5) is 28.5. The van der Waals surface area contributed by atoms with Crippen molar-refractivity contribution in [2.45, 2.75) is 33.2 Å². The number of aromatic nitrogens is 2. The van der Waals surface area contributed by atoms with Gasteiger partial charge in [-0.05, 0) is 73.9 Å². The predicted octanol–water partition coefficient (Wildman–Crippen LogP) is 4.41. The molecule has 0 radical (unpaired) electrons. The lowest BCUT2D eigenvalue weighted by atomic mass is 9.99. The third kappa shape index (κ3) is 3.32. The number of carboxylic acid groups (broad SMARTS) is 1. The Morgan fingerprint density at radius 1 is 1.10 bits per heavy atom. The number of carbonyl (C=O) groups is 2. The lowest BCUT2D eigenvalue weighted by molar-refractivity contribution is 0.0982. The van der Waals surface area contributed by atoms with Crippen LogP contribution in [0, 0.1) is 13.8 Å². The fourth-order valence-electron chi connectivity index (χ4n) is 3.88. The first-order valence-corrected chi connectivity index (χ1v) is 9.96. The number of anilines is 2. The van der Waals surface area contributed by atoms with Crippen LogP contribution >= 0.6 is 0 Å². The van der Waals surface area contributed by atoms with Crippen LogP contribution in [0.25, 0.3) is 5.69 Å². The maximum atomic E-state index is 13.4. The molecule has 2 aromatic carbocycles. The van der Waals surface area contributed by atoms with Gasteiger partial charge >= 0.3 is 6.09 Å². The van der Waals surface area contributed by atoms with E-state index >= 15 is 0 Å². The van der Waals surface area contributed by atoms with Gasteiger partial charge in [0.2, 0.25) is 0 Å². The Morgan fingerprint density at radius 3 is 2.33 bits per heavy atom. The normalized spacial score (nSPS) is 15.8. The number of amides is 2. The largest absolute Gasteiger partial charge is 0.465 e. The Kier molecular flexibility index (Phi) is 5.03. The van der Waals surface area contributed by atoms with E-state index < -0.39 is 6.09 Å². The lowest BCUT2D eigenvalue weighted by Gasteiger charge is -2.41. The summed E-state index contributed by atoms with van der Waals surface area (Å²) in [7, 11) is 0. The molecule has 4 rings (SSSR count). The lowest BCUT2D eigenvalue weighted by Crippen LogP contribution is -2.52. The van der Waals surface area contributed by atoms with Gasteiger partial charge in [0.1, 0.15) is 0 Å². The van der Waals surface area contributed by atoms with E-state index in [9.17, 15) is 14.7 Å². The van der Waals surface area contributed by atoms with E-state index in [1.807, 2.05) is 57.3 Å². The molecule has 30 heavy (non-hydrogen) atoms. The van der Waals surface area contributed by atoms with Crippen molar-refractivity contribution >= 4 is 23.4 Å². The van der Waals surface area contributed by atoms with Crippen molar-refractivity contribution in [2.24, 2.45) is 0 Å². The molecule has 0 aliphatic carbocycles. The van der Waals surface area contributed by atoms with Gasteiger partial charge in [0.15, 0.2) is 0 Å². The van der Waals surface area contributed by atoms with Crippen molar-refractivity contribution in [3.05, 3.63) is 71.5 Å². The summed E-state index contributed by atoms with van der Waals surface area (Å²) in [5.41, 5.74) is 4.62. The average molecular weight is 404 g/mol. The first-order chi connectivity index (χ1) is 14.4. The minimum atomic E-state index is -0.998. The highest BCUT2D eigenvalue weighted by Gasteiger charge is 2.37. The average Bonchev–Trinajstić information content (AvgIpc) is 3.28. The predicted molar refractivity (Wildman–Crippen MR) is 116 cm³/mol. The van der Waals surface area contributed by atoms with Gasteiger partial charge < -0.3 is 10.0 Å². The van der Waals surface area contributed by atoms with Crippen molar-refractivity contribution in [3.63, 3.8) is 0 Å². The molecule has 0 bridgehead atoms. The molecule has 7 nitrogen and oxygen atoms in total. The van der Waals surface area contributed by atoms with Gasteiger partial charge in [-0.1, -0.05) is 6.92 Å². The zero-order valence-corrected chi connectivity index (χ0v) is 17.2. The third-order valence-corrected chi connectivity index (χ3v) is 5.71. The molecule has 1 atom stereocenters. The Hall–Kier alpha value is -3.61. The Bertz CT molecular complexity index is 1090. The summed E-state index contributed by atoms with van der Waals surface area (Å²) in [5, 5.41) is 14.0. The van der Waals surface area contributed by atoms with Crippen molar-refractivity contribution < 1.29 is 14.7 Å². The molecule has 0 fully saturated rings. The second-order valence-corrected chi connectivity index (χ2v) is 7.55. The molecular formula is C23H24N4O3. The molecule has 0 saturated carbocycles. The van der Waals surface area contributed by atoms with Crippen LogP contribution in [-0.2, 0) is 0 Å². The minimum absolute atomic E-state index is 0.144. The molecule has 7 heteroatoms. The van der Waals surface area contributed by atoms with Gasteiger partial charge in [-0.3, -0.25) is 9.69 Å². The second kappa shape index (κ2) is 7.67. The summed E-state index contributed by atoms with van der Waals surface area (Å²) >= 11 is 0. The zero-order chi connectivity index (χ0) is 21.4. The summed E-state index contributed by atoms with van der Waals surface area (Å²) in [6.45, 7) is 6.17. The maximum absolute atomic E-state index is 13.4. The van der Waals surface area contributed by atoms with E-state index in [0.717, 1.165) is 16.8 Å². The molecule has 1 aromatic heterocycles. The monoisotopic (exact) mass is 404 g/mol. The van der Waals surface area contributed by atoms with Gasteiger partial charge in [0.05, 0.1) is 23.1 Å². The molecule has 154 valence electrons. The summed E-state index contributed by atoms with van der Waals surface area (Å²) in [5.74, 6) is -0.144. The van der Waals surface area contributed by atoms with E-state index in [1.54, 1.807) is 27.9 Å². The van der Waals surface area contributed by atoms with E-state index in [-0.39, 0.29) is 11.9 Å². The molecule has 1 unspecified atom stereocenters. The Balaban J connectivity index is 1.74. The molecule has 1 aliphatic rings. The fourth-order valence-corrected chi connectivity index (χ4v) is 3.88. The number of rotatable bonds is 3. The number of hydrogen-bond donors (Lipinski definition) is 1. The van der Waals surface area contributed by atoms with Crippen LogP contribution in [0.4, 0.5) is 16.2 Å². The highest BCUT2D eigenvalue weighted by molar-refractivity contribution is 6.10. The van der Waals surface area contributed by atoms with E-state index in [1.165, 1.54) is 4.90 Å². The number of carbonyl (C=O) groups excluding carboxylic acids is 1. The van der Waals surface area contributed by atoms with Gasteiger partial charge in [-0.25, -0.2) is 9.48 Å². The summed E-state index contributed by atoms with van der Waals surface area (Å²) in [6, 6.07) is 12.6. The number of nitrogens with zero attached hydrogens (tertiary/aromatic N) is 4. The molecule has 0 spiro atoms. The standard InChI is InChI=1S/C23H24N4O3/c1-4-18-14-25(20-12-15(2)16(3)13-21(20)27(18)23(29)30)22(28)17-6-8-19(9-7-17)26-11-5-10-24-26/h5-13,18H,4,14H2,1-3H3,(H,29,30). The topological polar surface area (TPSA) is 78.7 Å². The smallest absolute Gasteiger partial charge is 0.412 e. The molecule has 1 N–H and O–H groups in total. The quantitative estimate of drug-likeness (QED) is 0.701. The van der Waals surface area contributed by atoms with Crippen LogP contribution in [0.1, 0.15) is 34.8 Å². The molecule has 2 heterocycles. The van der Waals surface area contributed by atoms with Crippen molar-refractivity contribution in [3.8, 4) is 5.69 Å². The Labute approximate surface area is 175 Å². The van der Waals surface area contributed by atoms with Crippen molar-refractivity contribution in [2.75, 3.05) is 16.3 Å². The maximum Gasteiger partial charge on any atom is 0.412 e. The van der Waals surface area contributed by atoms with Crippen LogP contribution in [0.3, 0.4) is 0 Å². The molecule has 1 aliphatic heterocycles. The minimum Gasteiger partial charge on any atom is -0.465 e. The van der Waals surface area contributed by atoms with E-state index in [4.69, 9.17) is 0 Å². The van der Waals surface area contributed by atoms with Crippen molar-refractivity contribution in [1.29, 1.82) is 0 Å².